The van der Waals surface area contributed by atoms with E-state index in [-0.39, 0.29) is 11.9 Å². The molecule has 0 unspecified atom stereocenters. The first-order chi connectivity index (χ1) is 11.2. The van der Waals surface area contributed by atoms with Gasteiger partial charge in [0.15, 0.2) is 0 Å². The lowest BCUT2D eigenvalue weighted by Gasteiger charge is -2.12. The first kappa shape index (κ1) is 17.1. The molecule has 1 amide bonds. The fourth-order valence-corrected chi connectivity index (χ4v) is 2.31. The number of amides is 1. The van der Waals surface area contributed by atoms with E-state index in [1.165, 1.54) is 12.8 Å². The largest absolute Gasteiger partial charge is 0.354 e. The standard InChI is InChI=1S/C17H24N4O2/c1-3-4-5-7-13(2)19-15(22)9-10-16-20-17(21-23-16)14-8-6-11-18-12-14/h6,8,11-13H,3-5,7,9-10H2,1-2H3,(H,19,22)/t13-/m0/s1. The molecule has 0 aromatic carbocycles. The number of unbranched alkanes of at least 4 members (excludes halogenated alkanes) is 2. The van der Waals surface area contributed by atoms with Crippen molar-refractivity contribution in [3.63, 3.8) is 0 Å². The first-order valence-corrected chi connectivity index (χ1v) is 8.21. The molecule has 0 aliphatic rings. The van der Waals surface area contributed by atoms with Gasteiger partial charge in [0.1, 0.15) is 0 Å². The Bertz CT molecular complexity index is 598. The van der Waals surface area contributed by atoms with Crippen LogP contribution >= 0.6 is 0 Å². The minimum absolute atomic E-state index is 0.0233. The highest BCUT2D eigenvalue weighted by Crippen LogP contribution is 2.14. The first-order valence-electron chi connectivity index (χ1n) is 8.21. The number of nitrogens with one attached hydrogen (secondary N) is 1. The molecule has 1 N–H and O–H groups in total. The number of aryl methyl sites for hydroxylation is 1. The van der Waals surface area contributed by atoms with Gasteiger partial charge in [0.25, 0.3) is 0 Å². The molecule has 0 radical (unpaired) electrons. The average molecular weight is 316 g/mol. The molecule has 6 heteroatoms. The molecule has 23 heavy (non-hydrogen) atoms. The summed E-state index contributed by atoms with van der Waals surface area (Å²) in [6.45, 7) is 4.22. The summed E-state index contributed by atoms with van der Waals surface area (Å²) in [4.78, 5) is 20.2. The summed E-state index contributed by atoms with van der Waals surface area (Å²) < 4.78 is 5.18. The van der Waals surface area contributed by atoms with Gasteiger partial charge < -0.3 is 9.84 Å². The normalized spacial score (nSPS) is 12.1. The summed E-state index contributed by atoms with van der Waals surface area (Å²) >= 11 is 0. The van der Waals surface area contributed by atoms with Gasteiger partial charge >= 0.3 is 0 Å². The van der Waals surface area contributed by atoms with Crippen molar-refractivity contribution in [2.75, 3.05) is 0 Å². The van der Waals surface area contributed by atoms with E-state index in [2.05, 4.69) is 27.4 Å². The molecule has 0 saturated heterocycles. The number of carbonyl (C=O) groups is 1. The van der Waals surface area contributed by atoms with E-state index in [1.54, 1.807) is 12.4 Å². The van der Waals surface area contributed by atoms with E-state index in [0.29, 0.717) is 24.6 Å². The van der Waals surface area contributed by atoms with Gasteiger partial charge in [0, 0.05) is 36.8 Å². The van der Waals surface area contributed by atoms with E-state index < -0.39 is 0 Å². The zero-order chi connectivity index (χ0) is 16.5. The number of hydrogen-bond donors (Lipinski definition) is 1. The quantitative estimate of drug-likeness (QED) is 0.719. The fraction of sp³-hybridized carbons (Fsp3) is 0.529. The summed E-state index contributed by atoms with van der Waals surface area (Å²) in [5.74, 6) is 0.995. The van der Waals surface area contributed by atoms with Gasteiger partial charge in [-0.3, -0.25) is 9.78 Å². The van der Waals surface area contributed by atoms with Crippen molar-refractivity contribution < 1.29 is 9.32 Å². The van der Waals surface area contributed by atoms with E-state index in [9.17, 15) is 4.79 Å². The zero-order valence-electron chi connectivity index (χ0n) is 13.8. The lowest BCUT2D eigenvalue weighted by atomic mass is 10.1. The Kier molecular flexibility index (Phi) is 6.72. The highest BCUT2D eigenvalue weighted by atomic mass is 16.5. The second-order valence-corrected chi connectivity index (χ2v) is 5.72. The van der Waals surface area contributed by atoms with Crippen molar-refractivity contribution in [3.8, 4) is 11.4 Å². The molecule has 2 aromatic heterocycles. The highest BCUT2D eigenvalue weighted by molar-refractivity contribution is 5.76. The van der Waals surface area contributed by atoms with E-state index in [0.717, 1.165) is 18.4 Å². The van der Waals surface area contributed by atoms with Crippen LogP contribution in [0.1, 0.15) is 51.8 Å². The molecule has 124 valence electrons. The van der Waals surface area contributed by atoms with Crippen molar-refractivity contribution in [1.29, 1.82) is 0 Å². The highest BCUT2D eigenvalue weighted by Gasteiger charge is 2.12. The molecule has 0 spiro atoms. The maximum Gasteiger partial charge on any atom is 0.227 e. The number of pyridine rings is 1. The number of carbonyl (C=O) groups excluding carboxylic acids is 1. The Hall–Kier alpha value is -2.24. The zero-order valence-corrected chi connectivity index (χ0v) is 13.8. The predicted molar refractivity (Wildman–Crippen MR) is 87.6 cm³/mol. The second-order valence-electron chi connectivity index (χ2n) is 5.72. The average Bonchev–Trinajstić information content (AvgIpc) is 3.03. The molecule has 2 rings (SSSR count). The van der Waals surface area contributed by atoms with Crippen LogP contribution in [0.2, 0.25) is 0 Å². The molecular formula is C17H24N4O2. The van der Waals surface area contributed by atoms with Crippen LogP contribution < -0.4 is 5.32 Å². The molecule has 0 bridgehead atoms. The van der Waals surface area contributed by atoms with E-state index >= 15 is 0 Å². The predicted octanol–water partition coefficient (Wildman–Crippen LogP) is 3.15. The van der Waals surface area contributed by atoms with Crippen molar-refractivity contribution in [3.05, 3.63) is 30.4 Å². The van der Waals surface area contributed by atoms with Crippen LogP contribution in [0.25, 0.3) is 11.4 Å². The van der Waals surface area contributed by atoms with Gasteiger partial charge in [0.05, 0.1) is 0 Å². The lowest BCUT2D eigenvalue weighted by molar-refractivity contribution is -0.121. The molecule has 2 aromatic rings. The number of nitrogens with zero attached hydrogens (tertiary/aromatic N) is 3. The fourth-order valence-electron chi connectivity index (χ4n) is 2.31. The summed E-state index contributed by atoms with van der Waals surface area (Å²) in [6.07, 6.45) is 8.74. The van der Waals surface area contributed by atoms with Crippen LogP contribution in [0.3, 0.4) is 0 Å². The number of hydrogen-bond acceptors (Lipinski definition) is 5. The Morgan fingerprint density at radius 1 is 1.39 bits per heavy atom. The molecule has 0 aliphatic heterocycles. The van der Waals surface area contributed by atoms with Crippen LogP contribution in [0.5, 0.6) is 0 Å². The molecule has 0 fully saturated rings. The molecule has 1 atom stereocenters. The number of rotatable bonds is 9. The SMILES string of the molecule is CCCCC[C@H](C)NC(=O)CCc1nc(-c2cccnc2)no1. The Morgan fingerprint density at radius 2 is 2.26 bits per heavy atom. The number of aromatic nitrogens is 3. The monoisotopic (exact) mass is 316 g/mol. The Morgan fingerprint density at radius 3 is 3.00 bits per heavy atom. The van der Waals surface area contributed by atoms with Gasteiger partial charge in [0.2, 0.25) is 17.6 Å². The molecule has 6 nitrogen and oxygen atoms in total. The summed E-state index contributed by atoms with van der Waals surface area (Å²) in [6, 6.07) is 3.90. The summed E-state index contributed by atoms with van der Waals surface area (Å²) in [5.41, 5.74) is 0.802. The molecule has 0 aliphatic carbocycles. The van der Waals surface area contributed by atoms with Crippen molar-refractivity contribution in [1.82, 2.24) is 20.4 Å². The molecule has 0 saturated carbocycles. The van der Waals surface area contributed by atoms with Crippen LogP contribution in [0.4, 0.5) is 0 Å². The maximum absolute atomic E-state index is 11.9. The molecular weight excluding hydrogens is 292 g/mol. The van der Waals surface area contributed by atoms with Crippen LogP contribution in [0.15, 0.2) is 29.0 Å². The Balaban J connectivity index is 1.75. The summed E-state index contributed by atoms with van der Waals surface area (Å²) in [5, 5.41) is 6.93. The molecule has 2 heterocycles. The minimum atomic E-state index is 0.0233. The van der Waals surface area contributed by atoms with Crippen LogP contribution in [-0.4, -0.2) is 27.1 Å². The smallest absolute Gasteiger partial charge is 0.227 e. The van der Waals surface area contributed by atoms with Crippen molar-refractivity contribution >= 4 is 5.91 Å². The second kappa shape index (κ2) is 9.02. The minimum Gasteiger partial charge on any atom is -0.354 e. The third-order valence-corrected chi connectivity index (χ3v) is 3.60. The lowest BCUT2D eigenvalue weighted by Crippen LogP contribution is -2.32. The van der Waals surface area contributed by atoms with Crippen LogP contribution in [0, 0.1) is 0 Å². The van der Waals surface area contributed by atoms with Gasteiger partial charge in [-0.15, -0.1) is 0 Å². The third-order valence-electron chi connectivity index (χ3n) is 3.60. The maximum atomic E-state index is 11.9. The third kappa shape index (κ3) is 5.81. The van der Waals surface area contributed by atoms with E-state index in [4.69, 9.17) is 4.52 Å². The Labute approximate surface area is 136 Å². The van der Waals surface area contributed by atoms with Gasteiger partial charge in [-0.2, -0.15) is 4.98 Å². The van der Waals surface area contributed by atoms with E-state index in [1.807, 2.05) is 19.1 Å². The topological polar surface area (TPSA) is 80.9 Å². The van der Waals surface area contributed by atoms with Crippen LogP contribution in [-0.2, 0) is 11.2 Å². The van der Waals surface area contributed by atoms with Crippen molar-refractivity contribution in [2.45, 2.75) is 58.4 Å². The van der Waals surface area contributed by atoms with Gasteiger partial charge in [-0.1, -0.05) is 31.3 Å². The van der Waals surface area contributed by atoms with Gasteiger partial charge in [-0.05, 0) is 25.5 Å². The van der Waals surface area contributed by atoms with Crippen molar-refractivity contribution in [2.24, 2.45) is 0 Å². The van der Waals surface area contributed by atoms with Gasteiger partial charge in [-0.25, -0.2) is 0 Å². The summed E-state index contributed by atoms with van der Waals surface area (Å²) in [7, 11) is 0.